The van der Waals surface area contributed by atoms with Crippen molar-refractivity contribution in [1.29, 1.82) is 0 Å². The number of hydrogen-bond donors (Lipinski definition) is 1. The smallest absolute Gasteiger partial charge is 0.325 e. The predicted molar refractivity (Wildman–Crippen MR) is 96.2 cm³/mol. The maximum absolute atomic E-state index is 12.9. The molecule has 6 nitrogen and oxygen atoms in total. The standard InChI is InChI=1S/C16H21ClF3N3O3S/c1-22(2)27(25,26)14-8-12(5-6-13(14)17)21-15(24)10-23-7-3-4-11(9-23)16(18,19)20/h5-6,8,11H,3-4,7,9-10H2,1-2H3,(H,21,24)/t11-/m1/s1. The molecule has 1 aliphatic rings. The van der Waals surface area contributed by atoms with Gasteiger partial charge in [-0.3, -0.25) is 9.69 Å². The summed E-state index contributed by atoms with van der Waals surface area (Å²) in [5, 5.41) is 2.52. The summed E-state index contributed by atoms with van der Waals surface area (Å²) in [7, 11) is -1.10. The van der Waals surface area contributed by atoms with E-state index in [2.05, 4.69) is 5.32 Å². The van der Waals surface area contributed by atoms with Gasteiger partial charge in [-0.1, -0.05) is 11.6 Å². The molecule has 1 amide bonds. The van der Waals surface area contributed by atoms with Gasteiger partial charge in [0.05, 0.1) is 17.5 Å². The van der Waals surface area contributed by atoms with Gasteiger partial charge >= 0.3 is 6.18 Å². The number of anilines is 1. The number of sulfonamides is 1. The Kier molecular flexibility index (Phi) is 6.77. The third-order valence-corrected chi connectivity index (χ3v) is 6.61. The first-order chi connectivity index (χ1) is 12.4. The Bertz CT molecular complexity index is 800. The largest absolute Gasteiger partial charge is 0.393 e. The molecule has 0 aromatic heterocycles. The molecule has 1 aliphatic heterocycles. The van der Waals surface area contributed by atoms with Gasteiger partial charge in [0.25, 0.3) is 0 Å². The highest BCUT2D eigenvalue weighted by Crippen LogP contribution is 2.33. The van der Waals surface area contributed by atoms with Crippen LogP contribution in [-0.4, -0.2) is 63.4 Å². The Morgan fingerprint density at radius 2 is 2.04 bits per heavy atom. The quantitative estimate of drug-likeness (QED) is 0.784. The minimum absolute atomic E-state index is 0.00532. The molecule has 0 saturated carbocycles. The number of nitrogens with zero attached hydrogens (tertiary/aromatic N) is 2. The molecule has 11 heteroatoms. The maximum atomic E-state index is 12.9. The Labute approximate surface area is 161 Å². The molecular weight excluding hydrogens is 407 g/mol. The molecule has 1 fully saturated rings. The lowest BCUT2D eigenvalue weighted by Gasteiger charge is -2.33. The van der Waals surface area contributed by atoms with Crippen LogP contribution in [-0.2, 0) is 14.8 Å². The van der Waals surface area contributed by atoms with E-state index in [1.165, 1.54) is 37.2 Å². The molecule has 27 heavy (non-hydrogen) atoms. The van der Waals surface area contributed by atoms with Gasteiger partial charge in [-0.25, -0.2) is 12.7 Å². The Balaban J connectivity index is 2.06. The monoisotopic (exact) mass is 427 g/mol. The molecule has 0 unspecified atom stereocenters. The Morgan fingerprint density at radius 1 is 1.37 bits per heavy atom. The molecule has 1 N–H and O–H groups in total. The number of carbonyl (C=O) groups excluding carboxylic acids is 1. The first-order valence-corrected chi connectivity index (χ1v) is 10.0. The van der Waals surface area contributed by atoms with Crippen LogP contribution in [0.5, 0.6) is 0 Å². The van der Waals surface area contributed by atoms with E-state index < -0.39 is 28.0 Å². The van der Waals surface area contributed by atoms with E-state index >= 15 is 0 Å². The summed E-state index contributed by atoms with van der Waals surface area (Å²) in [5.41, 5.74) is 0.203. The minimum Gasteiger partial charge on any atom is -0.325 e. The van der Waals surface area contributed by atoms with Crippen molar-refractivity contribution in [3.63, 3.8) is 0 Å². The molecule has 152 valence electrons. The number of carbonyl (C=O) groups is 1. The zero-order chi connectivity index (χ0) is 20.4. The molecule has 1 atom stereocenters. The third-order valence-electron chi connectivity index (χ3n) is 4.31. The van der Waals surface area contributed by atoms with E-state index in [0.29, 0.717) is 13.0 Å². The highest BCUT2D eigenvalue weighted by atomic mass is 35.5. The van der Waals surface area contributed by atoms with Crippen LogP contribution >= 0.6 is 11.6 Å². The molecule has 1 heterocycles. The van der Waals surface area contributed by atoms with Gasteiger partial charge in [0, 0.05) is 26.3 Å². The average molecular weight is 428 g/mol. The highest BCUT2D eigenvalue weighted by molar-refractivity contribution is 7.89. The van der Waals surface area contributed by atoms with E-state index in [9.17, 15) is 26.4 Å². The average Bonchev–Trinajstić information content (AvgIpc) is 2.55. The fourth-order valence-corrected chi connectivity index (χ4v) is 4.24. The van der Waals surface area contributed by atoms with Crippen LogP contribution in [0.15, 0.2) is 23.1 Å². The summed E-state index contributed by atoms with van der Waals surface area (Å²) < 4.78 is 64.1. The second-order valence-electron chi connectivity index (χ2n) is 6.60. The van der Waals surface area contributed by atoms with Crippen molar-refractivity contribution < 1.29 is 26.4 Å². The zero-order valence-electron chi connectivity index (χ0n) is 14.9. The van der Waals surface area contributed by atoms with Crippen LogP contribution < -0.4 is 5.32 Å². The van der Waals surface area contributed by atoms with Crippen molar-refractivity contribution in [2.24, 2.45) is 5.92 Å². The summed E-state index contributed by atoms with van der Waals surface area (Å²) >= 11 is 5.94. The van der Waals surface area contributed by atoms with E-state index in [1.807, 2.05) is 0 Å². The van der Waals surface area contributed by atoms with Crippen molar-refractivity contribution in [2.45, 2.75) is 23.9 Å². The van der Waals surface area contributed by atoms with Crippen LogP contribution in [0.1, 0.15) is 12.8 Å². The zero-order valence-corrected chi connectivity index (χ0v) is 16.5. The highest BCUT2D eigenvalue weighted by Gasteiger charge is 2.41. The van der Waals surface area contributed by atoms with Crippen LogP contribution in [0, 0.1) is 5.92 Å². The second kappa shape index (κ2) is 8.34. The van der Waals surface area contributed by atoms with Gasteiger partial charge < -0.3 is 5.32 Å². The van der Waals surface area contributed by atoms with E-state index in [1.54, 1.807) is 0 Å². The van der Waals surface area contributed by atoms with Crippen LogP contribution in [0.4, 0.5) is 18.9 Å². The number of nitrogens with one attached hydrogen (secondary N) is 1. The lowest BCUT2D eigenvalue weighted by Crippen LogP contribution is -2.44. The van der Waals surface area contributed by atoms with Crippen LogP contribution in [0.3, 0.4) is 0 Å². The summed E-state index contributed by atoms with van der Waals surface area (Å²) in [6, 6.07) is 4.00. The maximum Gasteiger partial charge on any atom is 0.393 e. The third kappa shape index (κ3) is 5.56. The fourth-order valence-electron chi connectivity index (χ4n) is 2.85. The Hall–Kier alpha value is -1.36. The summed E-state index contributed by atoms with van der Waals surface area (Å²) in [5.74, 6) is -1.96. The van der Waals surface area contributed by atoms with Gasteiger partial charge in [-0.05, 0) is 37.6 Å². The van der Waals surface area contributed by atoms with Gasteiger partial charge in [0.15, 0.2) is 0 Å². The van der Waals surface area contributed by atoms with Crippen molar-refractivity contribution in [1.82, 2.24) is 9.21 Å². The Morgan fingerprint density at radius 3 is 2.63 bits per heavy atom. The van der Waals surface area contributed by atoms with Crippen molar-refractivity contribution in [3.05, 3.63) is 23.2 Å². The molecule has 0 spiro atoms. The van der Waals surface area contributed by atoms with Gasteiger partial charge in [0.1, 0.15) is 4.90 Å². The molecule has 2 rings (SSSR count). The van der Waals surface area contributed by atoms with E-state index in [-0.39, 0.29) is 35.1 Å². The first kappa shape index (κ1) is 21.9. The topological polar surface area (TPSA) is 69.7 Å². The fraction of sp³-hybridized carbons (Fsp3) is 0.562. The van der Waals surface area contributed by atoms with Gasteiger partial charge in [-0.2, -0.15) is 13.2 Å². The molecule has 1 saturated heterocycles. The molecule has 0 radical (unpaired) electrons. The lowest BCUT2D eigenvalue weighted by molar-refractivity contribution is -0.186. The number of benzene rings is 1. The summed E-state index contributed by atoms with van der Waals surface area (Å²) in [4.78, 5) is 13.5. The van der Waals surface area contributed by atoms with Crippen LogP contribution in [0.2, 0.25) is 5.02 Å². The SMILES string of the molecule is CN(C)S(=O)(=O)c1cc(NC(=O)CN2CCC[C@@H](C(F)(F)F)C2)ccc1Cl. The van der Waals surface area contributed by atoms with E-state index in [4.69, 9.17) is 11.6 Å². The molecule has 1 aromatic carbocycles. The van der Waals surface area contributed by atoms with Gasteiger partial charge in [0.2, 0.25) is 15.9 Å². The number of amides is 1. The summed E-state index contributed by atoms with van der Waals surface area (Å²) in [6.45, 7) is -0.0242. The molecule has 1 aromatic rings. The second-order valence-corrected chi connectivity index (χ2v) is 9.12. The normalized spacial score (nSPS) is 19.3. The van der Waals surface area contributed by atoms with E-state index in [0.717, 1.165) is 4.31 Å². The summed E-state index contributed by atoms with van der Waals surface area (Å²) in [6.07, 6.45) is -3.85. The molecule has 0 aliphatic carbocycles. The lowest BCUT2D eigenvalue weighted by atomic mass is 9.97. The predicted octanol–water partition coefficient (Wildman–Crippen LogP) is 2.80. The number of alkyl halides is 3. The first-order valence-electron chi connectivity index (χ1n) is 8.22. The van der Waals surface area contributed by atoms with Crippen LogP contribution in [0.25, 0.3) is 0 Å². The van der Waals surface area contributed by atoms with Crippen molar-refractivity contribution in [2.75, 3.05) is 39.0 Å². The van der Waals surface area contributed by atoms with Crippen molar-refractivity contribution in [3.8, 4) is 0 Å². The molecular formula is C16H21ClF3N3O3S. The molecule has 0 bridgehead atoms. The van der Waals surface area contributed by atoms with Gasteiger partial charge in [-0.15, -0.1) is 0 Å². The number of likely N-dealkylation sites (tertiary alicyclic amines) is 1. The number of rotatable bonds is 5. The van der Waals surface area contributed by atoms with Crippen molar-refractivity contribution >= 4 is 33.2 Å². The number of hydrogen-bond acceptors (Lipinski definition) is 4. The minimum atomic E-state index is -4.28. The number of piperidine rings is 1. The number of halogens is 4.